The molecule has 12 heteroatoms. The van der Waals surface area contributed by atoms with Crippen molar-refractivity contribution in [1.82, 2.24) is 16.9 Å². The summed E-state index contributed by atoms with van der Waals surface area (Å²) in [6, 6.07) is 0. The molecule has 3 atom stereocenters. The third-order valence-electron chi connectivity index (χ3n) is 3.53. The van der Waals surface area contributed by atoms with Crippen LogP contribution in [-0.4, -0.2) is 82.9 Å². The van der Waals surface area contributed by atoms with Crippen LogP contribution in [0.15, 0.2) is 15.8 Å². The first kappa shape index (κ1) is 20.3. The number of aromatic nitrogens is 2. The Kier molecular flexibility index (Phi) is 6.85. The molecular weight excluding hydrogens is 551 g/mol. The first-order chi connectivity index (χ1) is 11.1. The number of aryl methyl sites for hydroxylation is 1. The molecule has 1 aliphatic rings. The van der Waals surface area contributed by atoms with E-state index in [1.54, 1.807) is 21.0 Å². The molecule has 0 radical (unpaired) electrons. The molecular formula is C12H19ClN4O5PTl. The zero-order valence-electron chi connectivity index (χ0n) is 13.6. The fourth-order valence-electron chi connectivity index (χ4n) is 2.18. The molecule has 1 fully saturated rings. The number of nitrogens with zero attached hydrogens (tertiary/aromatic N) is 3. The van der Waals surface area contributed by atoms with Crippen molar-refractivity contribution < 1.29 is 13.8 Å². The van der Waals surface area contributed by atoms with Gasteiger partial charge in [-0.05, 0) is 0 Å². The van der Waals surface area contributed by atoms with E-state index in [4.69, 9.17) is 20.5 Å². The average Bonchev–Trinajstić information content (AvgIpc) is 2.48. The Morgan fingerprint density at radius 2 is 2.17 bits per heavy atom. The first-order valence-electron chi connectivity index (χ1n) is 7.19. The van der Waals surface area contributed by atoms with Crippen molar-refractivity contribution in [2.24, 2.45) is 0 Å². The molecule has 0 spiro atoms. The van der Waals surface area contributed by atoms with E-state index in [2.05, 4.69) is 7.69 Å². The van der Waals surface area contributed by atoms with Crippen molar-refractivity contribution >= 4 is 44.2 Å². The quantitative estimate of drug-likeness (QED) is 0.395. The van der Waals surface area contributed by atoms with Crippen LogP contribution in [0.2, 0.25) is 0 Å². The zero-order chi connectivity index (χ0) is 18.1. The van der Waals surface area contributed by atoms with Gasteiger partial charge < -0.3 is 0 Å². The number of morpholine rings is 1. The second kappa shape index (κ2) is 8.11. The molecule has 9 nitrogen and oxygen atoms in total. The van der Waals surface area contributed by atoms with Crippen LogP contribution in [0, 0.1) is 6.92 Å². The molecule has 0 aromatic carbocycles. The number of rotatable bonds is 5. The van der Waals surface area contributed by atoms with Gasteiger partial charge in [0.2, 0.25) is 0 Å². The van der Waals surface area contributed by atoms with Crippen LogP contribution in [0.3, 0.4) is 0 Å². The van der Waals surface area contributed by atoms with E-state index in [1.807, 2.05) is 0 Å². The van der Waals surface area contributed by atoms with E-state index in [0.29, 0.717) is 44.7 Å². The summed E-state index contributed by atoms with van der Waals surface area (Å²) in [5.74, 6) is 0. The first-order valence-corrected chi connectivity index (χ1v) is 11.7. The molecule has 24 heavy (non-hydrogen) atoms. The normalized spacial score (nSPS) is 24.8. The van der Waals surface area contributed by atoms with Crippen molar-refractivity contribution in [2.75, 3.05) is 33.8 Å². The Bertz CT molecular complexity index is 754. The van der Waals surface area contributed by atoms with Gasteiger partial charge in [0.25, 0.3) is 0 Å². The summed E-state index contributed by atoms with van der Waals surface area (Å²) in [5, 5.41) is 0. The number of hydrogen-bond donors (Lipinski definition) is 1. The monoisotopic (exact) mass is 570 g/mol. The van der Waals surface area contributed by atoms with Gasteiger partial charge in [-0.2, -0.15) is 0 Å². The van der Waals surface area contributed by atoms with Gasteiger partial charge in [-0.15, -0.1) is 0 Å². The molecule has 1 aromatic heterocycles. The van der Waals surface area contributed by atoms with E-state index in [9.17, 15) is 14.2 Å². The minimum absolute atomic E-state index is 0.0514. The summed E-state index contributed by atoms with van der Waals surface area (Å²) in [5.41, 5.74) is -0.505. The third kappa shape index (κ3) is 4.99. The summed E-state index contributed by atoms with van der Waals surface area (Å²) in [4.78, 5) is 25.8. The molecule has 0 amide bonds. The van der Waals surface area contributed by atoms with Crippen LogP contribution in [0.1, 0.15) is 11.8 Å². The molecule has 1 saturated heterocycles. The Labute approximate surface area is 160 Å². The minimum atomic E-state index is -3.36. The van der Waals surface area contributed by atoms with Crippen LogP contribution in [0.4, 0.5) is 0 Å². The standard InChI is InChI=1S/C12H19ClN4O5P.Tl/c1-8-6-17(12(19)15-11(8)18)10-5-14-4-9(22-10)7-21-23(13,20)16(2)3;/h6,9-10H,4-5,7H2,1-3H3,(H,15,18,19);/q-1;+1/t9-,10+,23?;/m0./s1. The Hall–Kier alpha value is -0.0379. The molecule has 1 unspecified atom stereocenters. The third-order valence-corrected chi connectivity index (χ3v) is 7.79. The number of H-pyrrole nitrogens is 1. The van der Waals surface area contributed by atoms with Gasteiger partial charge in [0.05, 0.1) is 0 Å². The van der Waals surface area contributed by atoms with E-state index in [-0.39, 0.29) is 12.7 Å². The molecule has 1 N–H and O–H groups in total. The predicted molar refractivity (Wildman–Crippen MR) is 90.4 cm³/mol. The molecule has 2 heterocycles. The molecule has 1 aromatic rings. The molecule has 0 aliphatic carbocycles. The fraction of sp³-hybridized carbons (Fsp3) is 0.667. The van der Waals surface area contributed by atoms with Gasteiger partial charge in [-0.3, -0.25) is 0 Å². The topological polar surface area (TPSA) is 96.9 Å². The SMILES string of the molecule is Cc1cn([C@H]2C[N]([Tl])C[C@@H](COP(=O)(Cl)N(C)C)O2)c(=O)[nH]c1=O. The van der Waals surface area contributed by atoms with Crippen molar-refractivity contribution in [1.29, 1.82) is 0 Å². The van der Waals surface area contributed by atoms with E-state index in [0.717, 1.165) is 0 Å². The van der Waals surface area contributed by atoms with E-state index < -0.39 is 24.3 Å². The maximum atomic E-state index is 12.0. The van der Waals surface area contributed by atoms with Crippen LogP contribution >= 0.6 is 18.1 Å². The van der Waals surface area contributed by atoms with E-state index in [1.165, 1.54) is 15.4 Å². The molecule has 0 bridgehead atoms. The maximum absolute atomic E-state index is 12.0. The fourth-order valence-corrected chi connectivity index (χ4v) is 4.55. The summed E-state index contributed by atoms with van der Waals surface area (Å²) in [6.45, 7) is -0.532. The summed E-state index contributed by atoms with van der Waals surface area (Å²) in [7, 11) is 3.14. The van der Waals surface area contributed by atoms with Crippen molar-refractivity contribution in [3.63, 3.8) is 0 Å². The number of aromatic amines is 1. The summed E-state index contributed by atoms with van der Waals surface area (Å²) >= 11 is 6.39. The Morgan fingerprint density at radius 1 is 1.50 bits per heavy atom. The van der Waals surface area contributed by atoms with Crippen molar-refractivity contribution in [3.05, 3.63) is 32.6 Å². The van der Waals surface area contributed by atoms with Crippen molar-refractivity contribution in [2.45, 2.75) is 19.3 Å². The van der Waals surface area contributed by atoms with E-state index >= 15 is 0 Å². The van der Waals surface area contributed by atoms with Crippen LogP contribution in [-0.2, 0) is 13.8 Å². The van der Waals surface area contributed by atoms with Gasteiger partial charge in [0.15, 0.2) is 0 Å². The van der Waals surface area contributed by atoms with Gasteiger partial charge in [-0.25, -0.2) is 0 Å². The van der Waals surface area contributed by atoms with Crippen LogP contribution in [0.25, 0.3) is 0 Å². The number of ether oxygens (including phenoxy) is 1. The number of hydrogen-bond acceptors (Lipinski definition) is 6. The molecule has 0 saturated carbocycles. The number of halogens is 1. The van der Waals surface area contributed by atoms with Gasteiger partial charge in [0, 0.05) is 0 Å². The Morgan fingerprint density at radius 3 is 2.79 bits per heavy atom. The zero-order valence-corrected chi connectivity index (χ0v) is 19.8. The second-order valence-electron chi connectivity index (χ2n) is 5.74. The molecule has 2 rings (SSSR count). The molecule has 132 valence electrons. The second-order valence-corrected chi connectivity index (χ2v) is 11.8. The number of nitrogens with one attached hydrogen (secondary N) is 1. The van der Waals surface area contributed by atoms with Gasteiger partial charge >= 0.3 is 161 Å². The van der Waals surface area contributed by atoms with Gasteiger partial charge in [-0.1, -0.05) is 0 Å². The van der Waals surface area contributed by atoms with Gasteiger partial charge in [0.1, 0.15) is 0 Å². The Balaban J connectivity index is 2.14. The van der Waals surface area contributed by atoms with Crippen LogP contribution in [0.5, 0.6) is 0 Å². The van der Waals surface area contributed by atoms with Crippen LogP contribution < -0.4 is 11.2 Å². The average molecular weight is 570 g/mol. The summed E-state index contributed by atoms with van der Waals surface area (Å²) in [6.07, 6.45) is 0.564. The summed E-state index contributed by atoms with van der Waals surface area (Å²) < 4.78 is 28.1. The molecule has 1 aliphatic heterocycles. The van der Waals surface area contributed by atoms with Crippen molar-refractivity contribution in [3.8, 4) is 0 Å². The predicted octanol–water partition coefficient (Wildman–Crippen LogP) is 0.0530.